The summed E-state index contributed by atoms with van der Waals surface area (Å²) in [4.78, 5) is 0. The lowest BCUT2D eigenvalue weighted by Gasteiger charge is -2.28. The maximum atomic E-state index is 9.78. The number of nitrogens with zero attached hydrogens (tertiary/aromatic N) is 1. The zero-order chi connectivity index (χ0) is 19.8. The van der Waals surface area contributed by atoms with Crippen molar-refractivity contribution in [3.8, 4) is 34.8 Å². The molecule has 0 aromatic heterocycles. The number of methoxy groups -OCH3 is 1. The van der Waals surface area contributed by atoms with Crippen molar-refractivity contribution in [2.24, 2.45) is 5.73 Å². The number of fused-ring (bicyclic) bond motifs is 2. The van der Waals surface area contributed by atoms with Gasteiger partial charge < -0.3 is 29.4 Å². The average Bonchev–Trinajstić information content (AvgIpc) is 3.14. The number of halogens is 1. The van der Waals surface area contributed by atoms with Gasteiger partial charge in [0, 0.05) is 16.1 Å². The van der Waals surface area contributed by atoms with E-state index in [0.29, 0.717) is 40.9 Å². The Bertz CT molecular complexity index is 1030. The summed E-state index contributed by atoms with van der Waals surface area (Å²) >= 11 is 3.59. The highest BCUT2D eigenvalue weighted by Gasteiger charge is 2.35. The number of rotatable bonds is 4. The number of hydrogen-bond donors (Lipinski definition) is 1. The maximum absolute atomic E-state index is 9.78. The van der Waals surface area contributed by atoms with Gasteiger partial charge in [0.25, 0.3) is 0 Å². The first-order valence-corrected chi connectivity index (χ1v) is 9.38. The van der Waals surface area contributed by atoms with Gasteiger partial charge in [-0.15, -0.1) is 0 Å². The van der Waals surface area contributed by atoms with Gasteiger partial charge >= 0.3 is 0 Å². The minimum absolute atomic E-state index is 0.0551. The lowest BCUT2D eigenvalue weighted by Crippen LogP contribution is -2.21. The van der Waals surface area contributed by atoms with Gasteiger partial charge in [-0.2, -0.15) is 5.26 Å². The summed E-state index contributed by atoms with van der Waals surface area (Å²) in [6.45, 7) is 2.51. The molecule has 1 atom stereocenters. The van der Waals surface area contributed by atoms with E-state index in [2.05, 4.69) is 22.0 Å². The molecule has 1 unspecified atom stereocenters. The average molecular weight is 445 g/mol. The molecule has 2 aromatic carbocycles. The highest BCUT2D eigenvalue weighted by molar-refractivity contribution is 9.10. The Labute approximate surface area is 170 Å². The van der Waals surface area contributed by atoms with E-state index in [0.717, 1.165) is 15.6 Å². The predicted molar refractivity (Wildman–Crippen MR) is 104 cm³/mol. The molecule has 0 radical (unpaired) electrons. The first kappa shape index (κ1) is 18.3. The van der Waals surface area contributed by atoms with Crippen LogP contribution < -0.4 is 29.4 Å². The summed E-state index contributed by atoms with van der Waals surface area (Å²) in [6, 6.07) is 9.40. The molecule has 0 saturated carbocycles. The molecular formula is C20H17BrN2O5. The van der Waals surface area contributed by atoms with Crippen molar-refractivity contribution >= 4 is 15.9 Å². The van der Waals surface area contributed by atoms with Gasteiger partial charge in [0.1, 0.15) is 17.4 Å². The zero-order valence-corrected chi connectivity index (χ0v) is 16.8. The number of nitriles is 1. The van der Waals surface area contributed by atoms with Crippen molar-refractivity contribution in [2.45, 2.75) is 12.8 Å². The van der Waals surface area contributed by atoms with Crippen LogP contribution in [0.15, 0.2) is 40.2 Å². The van der Waals surface area contributed by atoms with Crippen LogP contribution in [-0.2, 0) is 0 Å². The topological polar surface area (TPSA) is 96.0 Å². The highest BCUT2D eigenvalue weighted by atomic mass is 79.9. The van der Waals surface area contributed by atoms with E-state index >= 15 is 0 Å². The van der Waals surface area contributed by atoms with Crippen LogP contribution in [0.4, 0.5) is 0 Å². The summed E-state index contributed by atoms with van der Waals surface area (Å²) in [5.74, 6) is 2.45. The Morgan fingerprint density at radius 3 is 2.57 bits per heavy atom. The lowest BCUT2D eigenvalue weighted by atomic mass is 9.83. The van der Waals surface area contributed by atoms with Gasteiger partial charge in [0.15, 0.2) is 23.0 Å². The van der Waals surface area contributed by atoms with Gasteiger partial charge in [0.2, 0.25) is 12.7 Å². The summed E-state index contributed by atoms with van der Waals surface area (Å²) in [7, 11) is 1.58. The summed E-state index contributed by atoms with van der Waals surface area (Å²) in [6.07, 6.45) is 0. The van der Waals surface area contributed by atoms with Crippen molar-refractivity contribution in [1.82, 2.24) is 0 Å². The van der Waals surface area contributed by atoms with Crippen molar-refractivity contribution in [1.29, 1.82) is 5.26 Å². The van der Waals surface area contributed by atoms with Gasteiger partial charge in [-0.1, -0.05) is 15.9 Å². The number of nitrogens with two attached hydrogens (primary N) is 1. The third-order valence-corrected chi connectivity index (χ3v) is 5.29. The number of benzene rings is 2. The van der Waals surface area contributed by atoms with Crippen LogP contribution >= 0.6 is 15.9 Å². The SMILES string of the molecule is CCOc1cc(C2C(C#N)=C(N)Oc3cc4c(cc32)OCO4)c(Br)cc1OC. The normalized spacial score (nSPS) is 16.9. The minimum atomic E-state index is -0.470. The zero-order valence-electron chi connectivity index (χ0n) is 15.2. The molecule has 0 aliphatic carbocycles. The van der Waals surface area contributed by atoms with Crippen LogP contribution in [0.5, 0.6) is 28.7 Å². The smallest absolute Gasteiger partial charge is 0.231 e. The van der Waals surface area contributed by atoms with E-state index in [1.807, 2.05) is 25.1 Å². The number of ether oxygens (including phenoxy) is 5. The fourth-order valence-corrected chi connectivity index (χ4v) is 3.92. The molecule has 2 N–H and O–H groups in total. The van der Waals surface area contributed by atoms with E-state index in [9.17, 15) is 5.26 Å². The second-order valence-corrected chi connectivity index (χ2v) is 6.98. The van der Waals surface area contributed by atoms with Gasteiger partial charge in [-0.25, -0.2) is 0 Å². The quantitative estimate of drug-likeness (QED) is 0.765. The van der Waals surface area contributed by atoms with Gasteiger partial charge in [-0.05, 0) is 30.7 Å². The van der Waals surface area contributed by atoms with Crippen molar-refractivity contribution in [3.05, 3.63) is 51.3 Å². The number of hydrogen-bond acceptors (Lipinski definition) is 7. The van der Waals surface area contributed by atoms with Crippen LogP contribution in [0.25, 0.3) is 0 Å². The first-order valence-electron chi connectivity index (χ1n) is 8.58. The molecule has 0 saturated heterocycles. The van der Waals surface area contributed by atoms with Crippen molar-refractivity contribution < 1.29 is 23.7 Å². The van der Waals surface area contributed by atoms with Gasteiger partial charge in [-0.3, -0.25) is 0 Å². The standard InChI is InChI=1S/C20H17BrN2O5/c1-3-25-16-4-10(13(21)6-15(16)24-2)19-11-5-17-18(27-9-26-17)7-14(11)28-20(23)12(19)8-22/h4-7,19H,3,9,23H2,1-2H3. The van der Waals surface area contributed by atoms with E-state index in [4.69, 9.17) is 29.4 Å². The summed E-state index contributed by atoms with van der Waals surface area (Å²) in [5.41, 5.74) is 7.93. The largest absolute Gasteiger partial charge is 0.493 e. The molecule has 28 heavy (non-hydrogen) atoms. The van der Waals surface area contributed by atoms with E-state index in [-0.39, 0.29) is 12.7 Å². The molecule has 4 rings (SSSR count). The number of allylic oxidation sites excluding steroid dienone is 1. The second kappa shape index (κ2) is 7.17. The highest BCUT2D eigenvalue weighted by Crippen LogP contribution is 2.50. The minimum Gasteiger partial charge on any atom is -0.493 e. The Balaban J connectivity index is 1.94. The van der Waals surface area contributed by atoms with Crippen LogP contribution in [0.2, 0.25) is 0 Å². The Hall–Kier alpha value is -3.05. The Morgan fingerprint density at radius 1 is 1.14 bits per heavy atom. The Kier molecular flexibility index (Phi) is 4.69. The molecule has 0 bridgehead atoms. The van der Waals surface area contributed by atoms with Crippen LogP contribution in [0.1, 0.15) is 24.0 Å². The van der Waals surface area contributed by atoms with E-state index in [1.54, 1.807) is 13.2 Å². The Morgan fingerprint density at radius 2 is 1.89 bits per heavy atom. The van der Waals surface area contributed by atoms with Crippen molar-refractivity contribution in [2.75, 3.05) is 20.5 Å². The molecule has 2 heterocycles. The molecule has 8 heteroatoms. The third kappa shape index (κ3) is 2.88. The molecule has 0 fully saturated rings. The first-order chi connectivity index (χ1) is 13.6. The molecule has 2 aliphatic heterocycles. The van der Waals surface area contributed by atoms with Crippen LogP contribution in [0, 0.1) is 11.3 Å². The molecule has 2 aromatic rings. The lowest BCUT2D eigenvalue weighted by molar-refractivity contribution is 0.174. The molecule has 0 spiro atoms. The van der Waals surface area contributed by atoms with E-state index < -0.39 is 5.92 Å². The fourth-order valence-electron chi connectivity index (χ4n) is 3.37. The predicted octanol–water partition coefficient (Wildman–Crippen LogP) is 3.80. The van der Waals surface area contributed by atoms with Crippen LogP contribution in [0.3, 0.4) is 0 Å². The fraction of sp³-hybridized carbons (Fsp3) is 0.250. The van der Waals surface area contributed by atoms with Gasteiger partial charge in [0.05, 0.1) is 19.6 Å². The molecular weight excluding hydrogens is 428 g/mol. The van der Waals surface area contributed by atoms with Crippen molar-refractivity contribution in [3.63, 3.8) is 0 Å². The molecule has 144 valence electrons. The third-order valence-electron chi connectivity index (χ3n) is 4.60. The van der Waals surface area contributed by atoms with E-state index in [1.165, 1.54) is 0 Å². The summed E-state index contributed by atoms with van der Waals surface area (Å²) in [5, 5.41) is 9.78. The molecule has 2 aliphatic rings. The summed E-state index contributed by atoms with van der Waals surface area (Å²) < 4.78 is 28.5. The molecule has 0 amide bonds. The second-order valence-electron chi connectivity index (χ2n) is 6.13. The molecule has 7 nitrogen and oxygen atoms in total. The maximum Gasteiger partial charge on any atom is 0.231 e. The monoisotopic (exact) mass is 444 g/mol. The van der Waals surface area contributed by atoms with Crippen LogP contribution in [-0.4, -0.2) is 20.5 Å².